The highest BCUT2D eigenvalue weighted by atomic mass is 127. The van der Waals surface area contributed by atoms with Gasteiger partial charge in [-0.25, -0.2) is 14.6 Å². The van der Waals surface area contributed by atoms with Crippen LogP contribution in [-0.2, 0) is 49.8 Å². The SMILES string of the molecule is O=C(CO/N=C(\C(=O)NC1C(=O)N2C(C(=O)OC(c3ccccc3)c3ccccc3)=C(CI)CS(=O)[C@H]12)c1csc(NC(c2ccccc2)(c2ccccc2)c2ccccc2)n1)OC(c1ccccc1)c1ccccc1. The van der Waals surface area contributed by atoms with Gasteiger partial charge in [-0.2, -0.15) is 0 Å². The molecule has 380 valence electrons. The minimum absolute atomic E-state index is 0.0136. The van der Waals surface area contributed by atoms with Gasteiger partial charge < -0.3 is 24.9 Å². The molecule has 76 heavy (non-hydrogen) atoms. The molecule has 0 spiro atoms. The topological polar surface area (TPSA) is 166 Å². The highest BCUT2D eigenvalue weighted by molar-refractivity contribution is 14.1. The number of esters is 2. The Morgan fingerprint density at radius 3 is 1.55 bits per heavy atom. The fourth-order valence-corrected chi connectivity index (χ4v) is 12.8. The summed E-state index contributed by atoms with van der Waals surface area (Å²) in [4.78, 5) is 69.0. The number of β-lactam (4-membered cyclic amide) rings is 1. The maximum atomic E-state index is 14.8. The second-order valence-corrected chi connectivity index (χ2v) is 20.8. The van der Waals surface area contributed by atoms with E-state index in [9.17, 15) is 23.4 Å². The zero-order valence-corrected chi connectivity index (χ0v) is 44.3. The monoisotopic (exact) mass is 1160 g/mol. The van der Waals surface area contributed by atoms with Crippen LogP contribution in [0, 0.1) is 0 Å². The summed E-state index contributed by atoms with van der Waals surface area (Å²) < 4.78 is 26.6. The molecular formula is C60H48IN5O8S2. The second-order valence-electron chi connectivity index (χ2n) is 17.7. The number of benzene rings is 7. The Morgan fingerprint density at radius 1 is 0.671 bits per heavy atom. The molecule has 2 aliphatic rings. The molecule has 0 saturated carbocycles. The molecule has 7 aromatic carbocycles. The highest BCUT2D eigenvalue weighted by Gasteiger charge is 2.58. The van der Waals surface area contributed by atoms with Crippen LogP contribution >= 0.6 is 33.9 Å². The van der Waals surface area contributed by atoms with Gasteiger partial charge >= 0.3 is 11.9 Å². The largest absolute Gasteiger partial charge is 0.450 e. The first-order valence-electron chi connectivity index (χ1n) is 24.2. The van der Waals surface area contributed by atoms with Crippen molar-refractivity contribution >= 4 is 79.3 Å². The lowest BCUT2D eigenvalue weighted by Gasteiger charge is -2.49. The molecule has 1 saturated heterocycles. The minimum Gasteiger partial charge on any atom is -0.450 e. The predicted molar refractivity (Wildman–Crippen MR) is 301 cm³/mol. The van der Waals surface area contributed by atoms with E-state index in [1.54, 1.807) is 5.38 Å². The summed E-state index contributed by atoms with van der Waals surface area (Å²) in [5, 5.41) is 11.6. The Balaban J connectivity index is 0.955. The molecule has 3 heterocycles. The van der Waals surface area contributed by atoms with E-state index in [0.717, 1.165) is 38.9 Å². The van der Waals surface area contributed by atoms with Crippen LogP contribution in [-0.4, -0.2) is 71.8 Å². The number of hydrogen-bond donors (Lipinski definition) is 2. The molecule has 16 heteroatoms. The summed E-state index contributed by atoms with van der Waals surface area (Å²) >= 11 is 3.28. The number of fused-ring (bicyclic) bond motifs is 1. The van der Waals surface area contributed by atoms with Gasteiger partial charge in [0.1, 0.15) is 28.3 Å². The van der Waals surface area contributed by atoms with Crippen molar-refractivity contribution < 1.29 is 37.7 Å². The van der Waals surface area contributed by atoms with Crippen LogP contribution in [0.4, 0.5) is 5.13 Å². The molecule has 2 amide bonds. The van der Waals surface area contributed by atoms with Crippen molar-refractivity contribution in [3.8, 4) is 0 Å². The number of oxime groups is 1. The van der Waals surface area contributed by atoms with Crippen LogP contribution in [0.15, 0.2) is 234 Å². The van der Waals surface area contributed by atoms with Gasteiger partial charge in [-0.3, -0.25) is 18.7 Å². The van der Waals surface area contributed by atoms with E-state index in [1.165, 1.54) is 16.2 Å². The number of ether oxygens (including phenoxy) is 2. The lowest BCUT2D eigenvalue weighted by atomic mass is 9.77. The van der Waals surface area contributed by atoms with Crippen LogP contribution in [0.2, 0.25) is 0 Å². The van der Waals surface area contributed by atoms with E-state index in [2.05, 4.69) is 38.4 Å². The first kappa shape index (κ1) is 51.4. The first-order valence-corrected chi connectivity index (χ1v) is 28.0. The third-order valence-corrected chi connectivity index (χ3v) is 16.3. The molecule has 8 aromatic rings. The molecule has 3 atom stereocenters. The first-order chi connectivity index (χ1) is 37.2. The second kappa shape index (κ2) is 23.6. The number of carbonyl (C=O) groups excluding carboxylic acids is 4. The van der Waals surface area contributed by atoms with Crippen molar-refractivity contribution in [2.24, 2.45) is 5.16 Å². The Kier molecular flexibility index (Phi) is 16.0. The van der Waals surface area contributed by atoms with Crippen LogP contribution in [0.5, 0.6) is 0 Å². The Bertz CT molecular complexity index is 3240. The van der Waals surface area contributed by atoms with Crippen molar-refractivity contribution in [3.05, 3.63) is 274 Å². The number of amides is 2. The number of rotatable bonds is 19. The third-order valence-electron chi connectivity index (χ3n) is 12.9. The van der Waals surface area contributed by atoms with Crippen molar-refractivity contribution in [1.29, 1.82) is 0 Å². The number of nitrogens with one attached hydrogen (secondary N) is 2. The standard InChI is InChI=1S/C60H48IN5O8S2/c61-36-44-39-76(71)57-51(56(69)66(57)52(44)58(70)74-54(42-26-12-3-13-27-42)43-28-14-4-15-29-43)63-55(68)50(65-72-37-49(67)73-53(40-22-8-1-9-23-40)41-24-10-2-11-25-41)48-38-75-59(62-48)64-60(45-30-16-5-17-31-45,46-32-18-6-19-33-46)47-34-20-7-21-35-47/h1-35,38,51,53-54,57H,36-37,39H2,(H,62,64)(H,63,68)/b65-50-/t51?,57-,76?/m1/s1. The molecule has 2 aliphatic heterocycles. The summed E-state index contributed by atoms with van der Waals surface area (Å²) in [6.07, 6.45) is -1.59. The Labute approximate surface area is 459 Å². The number of thiazole rings is 1. The third kappa shape index (κ3) is 10.9. The fourth-order valence-electron chi connectivity index (χ4n) is 9.39. The quantitative estimate of drug-likeness (QED) is 0.0151. The molecule has 10 rings (SSSR count). The molecule has 0 aliphatic carbocycles. The summed E-state index contributed by atoms with van der Waals surface area (Å²) in [6, 6.07) is 65.4. The number of nitrogens with zero attached hydrogens (tertiary/aromatic N) is 3. The highest BCUT2D eigenvalue weighted by Crippen LogP contribution is 2.42. The van der Waals surface area contributed by atoms with Crippen LogP contribution < -0.4 is 10.6 Å². The predicted octanol–water partition coefficient (Wildman–Crippen LogP) is 10.0. The number of aromatic nitrogens is 1. The van der Waals surface area contributed by atoms with Gasteiger partial charge in [0.2, 0.25) is 6.61 Å². The van der Waals surface area contributed by atoms with E-state index in [4.69, 9.17) is 19.3 Å². The van der Waals surface area contributed by atoms with E-state index >= 15 is 0 Å². The van der Waals surface area contributed by atoms with Gasteiger partial charge in [0.15, 0.2) is 23.1 Å². The smallest absolute Gasteiger partial charge is 0.356 e. The fraction of sp³-hybridized carbons (Fsp3) is 0.133. The van der Waals surface area contributed by atoms with Crippen molar-refractivity contribution in [2.45, 2.75) is 29.2 Å². The summed E-state index contributed by atoms with van der Waals surface area (Å²) in [7, 11) is -1.75. The van der Waals surface area contributed by atoms with Gasteiger partial charge in [0, 0.05) is 9.81 Å². The number of alkyl halides is 1. The molecule has 2 N–H and O–H groups in total. The van der Waals surface area contributed by atoms with E-state index < -0.39 is 70.3 Å². The zero-order valence-electron chi connectivity index (χ0n) is 40.5. The molecule has 2 unspecified atom stereocenters. The van der Waals surface area contributed by atoms with Crippen molar-refractivity contribution in [2.75, 3.05) is 22.1 Å². The van der Waals surface area contributed by atoms with E-state index in [0.29, 0.717) is 10.7 Å². The molecule has 13 nitrogen and oxygen atoms in total. The lowest BCUT2D eigenvalue weighted by Crippen LogP contribution is -2.74. The average molecular weight is 1160 g/mol. The lowest BCUT2D eigenvalue weighted by molar-refractivity contribution is -0.154. The molecule has 1 aromatic heterocycles. The number of hydrogen-bond acceptors (Lipinski definition) is 12. The number of halogens is 1. The summed E-state index contributed by atoms with van der Waals surface area (Å²) in [6.45, 7) is -0.702. The van der Waals surface area contributed by atoms with Crippen LogP contribution in [0.1, 0.15) is 56.8 Å². The van der Waals surface area contributed by atoms with E-state index in [-0.39, 0.29) is 27.3 Å². The van der Waals surface area contributed by atoms with Gasteiger partial charge in [-0.1, -0.05) is 240 Å². The Hall–Kier alpha value is -8.06. The molecule has 0 bridgehead atoms. The average Bonchev–Trinajstić information content (AvgIpc) is 3.96. The molecular weight excluding hydrogens is 1110 g/mol. The maximum absolute atomic E-state index is 14.8. The Morgan fingerprint density at radius 2 is 1.11 bits per heavy atom. The molecule has 1 fully saturated rings. The van der Waals surface area contributed by atoms with Crippen LogP contribution in [0.25, 0.3) is 0 Å². The zero-order chi connectivity index (χ0) is 52.4. The number of anilines is 1. The normalized spacial score (nSPS) is 16.4. The van der Waals surface area contributed by atoms with E-state index in [1.807, 2.05) is 212 Å². The summed E-state index contributed by atoms with van der Waals surface area (Å²) in [5.41, 5.74) is 4.78. The maximum Gasteiger partial charge on any atom is 0.356 e. The number of carbonyl (C=O) groups is 4. The van der Waals surface area contributed by atoms with Crippen LogP contribution in [0.3, 0.4) is 0 Å². The van der Waals surface area contributed by atoms with Gasteiger partial charge in [0.05, 0.1) is 16.6 Å². The van der Waals surface area contributed by atoms with Gasteiger partial charge in [-0.15, -0.1) is 11.3 Å². The van der Waals surface area contributed by atoms with Crippen molar-refractivity contribution in [1.82, 2.24) is 15.2 Å². The minimum atomic E-state index is -1.75. The van der Waals surface area contributed by atoms with Gasteiger partial charge in [-0.05, 0) is 44.5 Å². The summed E-state index contributed by atoms with van der Waals surface area (Å²) in [5.74, 6) is -3.17. The van der Waals surface area contributed by atoms with Crippen molar-refractivity contribution in [3.63, 3.8) is 0 Å². The molecule has 0 radical (unpaired) electrons. The van der Waals surface area contributed by atoms with Gasteiger partial charge in [0.25, 0.3) is 11.8 Å².